The van der Waals surface area contributed by atoms with Crippen molar-refractivity contribution in [1.82, 2.24) is 0 Å². The summed E-state index contributed by atoms with van der Waals surface area (Å²) in [4.78, 5) is 14.6. The van der Waals surface area contributed by atoms with E-state index in [1.807, 2.05) is 22.7 Å². The number of hydrogen-bond acceptors (Lipinski definition) is 5. The molecule has 7 aromatic carbocycles. The fourth-order valence-electron chi connectivity index (χ4n) is 10.8. The molecular formula is C61H42N2OS2. The lowest BCUT2D eigenvalue weighted by atomic mass is 9.66. The van der Waals surface area contributed by atoms with Crippen LogP contribution in [0, 0.1) is 50.4 Å². The Bertz CT molecular complexity index is 3310. The van der Waals surface area contributed by atoms with Gasteiger partial charge in [0, 0.05) is 37.6 Å². The molecule has 0 radical (unpaired) electrons. The maximum absolute atomic E-state index is 11.8. The highest BCUT2D eigenvalue weighted by atomic mass is 32.1. The Morgan fingerprint density at radius 2 is 0.773 bits per heavy atom. The number of aryl methyl sites for hydroxylation is 4. The molecule has 2 aromatic heterocycles. The summed E-state index contributed by atoms with van der Waals surface area (Å²) in [6, 6.07) is 66.2. The zero-order valence-corrected chi connectivity index (χ0v) is 38.6. The second kappa shape index (κ2) is 15.5. The molecule has 0 amide bonds. The Hall–Kier alpha value is -7.67. The summed E-state index contributed by atoms with van der Waals surface area (Å²) >= 11 is 4.04. The number of thiophene rings is 2. The minimum atomic E-state index is -0.430. The van der Waals surface area contributed by atoms with Crippen molar-refractivity contribution in [3.63, 3.8) is 0 Å². The molecule has 0 spiro atoms. The monoisotopic (exact) mass is 882 g/mol. The van der Waals surface area contributed by atoms with Crippen LogP contribution in [0.1, 0.15) is 82.7 Å². The SMILES string of the molecule is C=C1C(=O)c2ccccc2C1=C(C#N)C#N.Cc1ccc(C2(c3ccc(C)cc3)c3ccccc3-c3sc4c5c(sc4c32)-c2ccccc2C5(c2ccc(C)cc2)c2ccc(C)cc2)cc1. The molecule has 0 atom stereocenters. The number of ketones is 1. The Morgan fingerprint density at radius 3 is 1.12 bits per heavy atom. The number of nitriles is 2. The quantitative estimate of drug-likeness (QED) is 0.131. The van der Waals surface area contributed by atoms with Crippen LogP contribution in [0.3, 0.4) is 0 Å². The number of carbonyl (C=O) groups excluding carboxylic acids is 1. The third kappa shape index (κ3) is 5.74. The van der Waals surface area contributed by atoms with Crippen LogP contribution in [0.5, 0.6) is 0 Å². The molecule has 0 saturated heterocycles. The zero-order valence-electron chi connectivity index (χ0n) is 37.0. The second-order valence-corrected chi connectivity index (χ2v) is 19.7. The normalized spacial score (nSPS) is 14.3. The molecule has 66 heavy (non-hydrogen) atoms. The van der Waals surface area contributed by atoms with Crippen molar-refractivity contribution >= 4 is 43.4 Å². The third-order valence-electron chi connectivity index (χ3n) is 13.9. The van der Waals surface area contributed by atoms with Gasteiger partial charge in [0.2, 0.25) is 0 Å². The lowest BCUT2D eigenvalue weighted by molar-refractivity contribution is 0.104. The van der Waals surface area contributed by atoms with Crippen LogP contribution in [-0.4, -0.2) is 5.78 Å². The molecule has 3 aliphatic rings. The first kappa shape index (κ1) is 41.1. The van der Waals surface area contributed by atoms with E-state index in [4.69, 9.17) is 10.5 Å². The van der Waals surface area contributed by atoms with E-state index >= 15 is 0 Å². The third-order valence-corrected chi connectivity index (χ3v) is 16.5. The van der Waals surface area contributed by atoms with Crippen LogP contribution in [0.15, 0.2) is 188 Å². The predicted octanol–water partition coefficient (Wildman–Crippen LogP) is 15.2. The van der Waals surface area contributed by atoms with Gasteiger partial charge in [-0.1, -0.05) is 199 Å². The fourth-order valence-corrected chi connectivity index (χ4v) is 14.0. The van der Waals surface area contributed by atoms with E-state index in [1.165, 1.54) is 97.0 Å². The maximum Gasteiger partial charge on any atom is 0.193 e. The molecule has 5 heteroatoms. The zero-order chi connectivity index (χ0) is 45.5. The molecular weight excluding hydrogens is 841 g/mol. The second-order valence-electron chi connectivity index (χ2n) is 17.7. The number of Topliss-reactive ketones (excluding diaryl/α,β-unsaturated/α-hetero) is 1. The summed E-state index contributed by atoms with van der Waals surface area (Å²) in [5.74, 6) is -0.214. The molecule has 314 valence electrons. The summed E-state index contributed by atoms with van der Waals surface area (Å²) in [6.45, 7) is 12.4. The van der Waals surface area contributed by atoms with E-state index in [0.717, 1.165) is 0 Å². The Balaban J connectivity index is 0.000000255. The van der Waals surface area contributed by atoms with E-state index in [9.17, 15) is 4.79 Å². The van der Waals surface area contributed by atoms with Gasteiger partial charge in [0.15, 0.2) is 5.78 Å². The van der Waals surface area contributed by atoms with Crippen LogP contribution in [-0.2, 0) is 10.8 Å². The summed E-state index contributed by atoms with van der Waals surface area (Å²) in [5.41, 5.74) is 19.6. The molecule has 0 unspecified atom stereocenters. The van der Waals surface area contributed by atoms with Crippen molar-refractivity contribution in [2.45, 2.75) is 38.5 Å². The predicted molar refractivity (Wildman–Crippen MR) is 271 cm³/mol. The number of fused-ring (bicyclic) bond motifs is 10. The molecule has 3 nitrogen and oxygen atoms in total. The summed E-state index contributed by atoms with van der Waals surface area (Å²) in [7, 11) is 0. The highest BCUT2D eigenvalue weighted by Gasteiger charge is 2.53. The van der Waals surface area contributed by atoms with Gasteiger partial charge in [-0.15, -0.1) is 22.7 Å². The first-order valence-corrected chi connectivity index (χ1v) is 23.7. The number of benzene rings is 7. The molecule has 9 aromatic rings. The molecule has 0 N–H and O–H groups in total. The molecule has 12 rings (SSSR count). The van der Waals surface area contributed by atoms with Crippen LogP contribution in [0.25, 0.3) is 35.9 Å². The topological polar surface area (TPSA) is 64.7 Å². The van der Waals surface area contributed by atoms with Crippen LogP contribution in [0.2, 0.25) is 0 Å². The molecule has 3 aliphatic carbocycles. The van der Waals surface area contributed by atoms with Gasteiger partial charge < -0.3 is 0 Å². The average molecular weight is 883 g/mol. The van der Waals surface area contributed by atoms with Gasteiger partial charge in [-0.2, -0.15) is 10.5 Å². The number of rotatable bonds is 4. The summed E-state index contributed by atoms with van der Waals surface area (Å²) < 4.78 is 2.84. The van der Waals surface area contributed by atoms with Crippen molar-refractivity contribution in [3.05, 3.63) is 265 Å². The van der Waals surface area contributed by atoms with E-state index in [-0.39, 0.29) is 16.9 Å². The van der Waals surface area contributed by atoms with Crippen molar-refractivity contribution in [2.75, 3.05) is 0 Å². The van der Waals surface area contributed by atoms with Gasteiger partial charge in [0.1, 0.15) is 17.7 Å². The Labute approximate surface area is 393 Å². The van der Waals surface area contributed by atoms with Crippen molar-refractivity contribution in [3.8, 4) is 33.0 Å². The Kier molecular flexibility index (Phi) is 9.64. The lowest BCUT2D eigenvalue weighted by Gasteiger charge is -2.34. The summed E-state index contributed by atoms with van der Waals surface area (Å²) in [5, 5.41) is 17.7. The maximum atomic E-state index is 11.8. The smallest absolute Gasteiger partial charge is 0.193 e. The first-order valence-electron chi connectivity index (χ1n) is 22.1. The van der Waals surface area contributed by atoms with E-state index in [1.54, 1.807) is 36.4 Å². The molecule has 0 fully saturated rings. The minimum absolute atomic E-state index is 0.0664. The van der Waals surface area contributed by atoms with Gasteiger partial charge >= 0.3 is 0 Å². The van der Waals surface area contributed by atoms with Gasteiger partial charge in [-0.3, -0.25) is 4.79 Å². The van der Waals surface area contributed by atoms with Gasteiger partial charge in [0.25, 0.3) is 0 Å². The van der Waals surface area contributed by atoms with Crippen molar-refractivity contribution in [2.24, 2.45) is 0 Å². The highest BCUT2D eigenvalue weighted by molar-refractivity contribution is 7.32. The minimum Gasteiger partial charge on any atom is -0.289 e. The van der Waals surface area contributed by atoms with Crippen molar-refractivity contribution in [1.29, 1.82) is 10.5 Å². The van der Waals surface area contributed by atoms with Gasteiger partial charge in [-0.25, -0.2) is 0 Å². The van der Waals surface area contributed by atoms with Crippen LogP contribution >= 0.6 is 22.7 Å². The van der Waals surface area contributed by atoms with Crippen molar-refractivity contribution < 1.29 is 4.79 Å². The van der Waals surface area contributed by atoms with Crippen LogP contribution in [0.4, 0.5) is 0 Å². The lowest BCUT2D eigenvalue weighted by Crippen LogP contribution is -2.29. The Morgan fingerprint density at radius 1 is 0.455 bits per heavy atom. The number of hydrogen-bond donors (Lipinski definition) is 0. The summed E-state index contributed by atoms with van der Waals surface area (Å²) in [6.07, 6.45) is 0. The molecule has 0 aliphatic heterocycles. The largest absolute Gasteiger partial charge is 0.289 e. The van der Waals surface area contributed by atoms with Gasteiger partial charge in [-0.05, 0) is 77.8 Å². The average Bonchev–Trinajstić information content (AvgIpc) is 4.11. The number of carbonyl (C=O) groups is 1. The molecule has 0 bridgehead atoms. The molecule has 0 saturated carbocycles. The van der Waals surface area contributed by atoms with E-state index in [2.05, 4.69) is 180 Å². The standard InChI is InChI=1S/C48H36S2.C13H6N2O/c1-29-13-21-33(22-14-29)47(34-23-15-30(2)16-24-34)39-11-7-5-9-37(39)43-41(47)45-46(49-43)42-44(50-45)38-10-6-8-12-40(38)48(42,35-25-17-31(3)18-26-35)36-27-19-32(4)20-28-36;1-8-12(9(6-14)7-15)10-4-2-3-5-11(10)13(8)16/h5-28H,1-4H3;2-5H,1H2. The van der Waals surface area contributed by atoms with E-state index in [0.29, 0.717) is 16.7 Å². The first-order chi connectivity index (χ1) is 32.1. The van der Waals surface area contributed by atoms with E-state index < -0.39 is 10.8 Å². The van der Waals surface area contributed by atoms with Gasteiger partial charge in [0.05, 0.1) is 20.2 Å². The number of nitrogens with zero attached hydrogens (tertiary/aromatic N) is 2. The fraction of sp³-hybridized carbons (Fsp3) is 0.0984. The highest BCUT2D eigenvalue weighted by Crippen LogP contribution is 2.68. The molecule has 2 heterocycles. The van der Waals surface area contributed by atoms with Crippen LogP contribution < -0.4 is 0 Å². The number of allylic oxidation sites excluding steroid dienone is 3.